The van der Waals surface area contributed by atoms with Gasteiger partial charge in [-0.05, 0) is 75.0 Å². The molecular formula is C23H34N2O4S. The average molecular weight is 435 g/mol. The SMILES string of the molecule is COc1ccc(S(=O)(=O)N2CCCCCC2)cc1C(=O)N[C@@H](C)[C@@H]1C[C@H]2CC[C@H]1C2. The number of carbonyl (C=O) groups is 1. The predicted molar refractivity (Wildman–Crippen MR) is 116 cm³/mol. The van der Waals surface area contributed by atoms with Crippen LogP contribution in [0.1, 0.15) is 68.6 Å². The summed E-state index contributed by atoms with van der Waals surface area (Å²) in [6, 6.07) is 4.71. The predicted octanol–water partition coefficient (Wildman–Crippen LogP) is 3.81. The number of ether oxygens (including phenoxy) is 1. The molecule has 1 N–H and O–H groups in total. The van der Waals surface area contributed by atoms with Gasteiger partial charge in [-0.2, -0.15) is 4.31 Å². The van der Waals surface area contributed by atoms with Crippen LogP contribution in [0.15, 0.2) is 23.1 Å². The van der Waals surface area contributed by atoms with Gasteiger partial charge in [-0.1, -0.05) is 19.3 Å². The van der Waals surface area contributed by atoms with Crippen LogP contribution in [0, 0.1) is 17.8 Å². The monoisotopic (exact) mass is 434 g/mol. The topological polar surface area (TPSA) is 75.7 Å². The Labute approximate surface area is 180 Å². The van der Waals surface area contributed by atoms with Gasteiger partial charge in [0.15, 0.2) is 0 Å². The van der Waals surface area contributed by atoms with Crippen LogP contribution in [0.25, 0.3) is 0 Å². The lowest BCUT2D eigenvalue weighted by molar-refractivity contribution is 0.0912. The van der Waals surface area contributed by atoms with Gasteiger partial charge < -0.3 is 10.1 Å². The van der Waals surface area contributed by atoms with E-state index in [1.807, 2.05) is 0 Å². The number of sulfonamides is 1. The molecule has 6 nitrogen and oxygen atoms in total. The molecule has 4 atom stereocenters. The summed E-state index contributed by atoms with van der Waals surface area (Å²) in [4.78, 5) is 13.3. The molecule has 0 radical (unpaired) electrons. The maximum Gasteiger partial charge on any atom is 0.255 e. The van der Waals surface area contributed by atoms with Gasteiger partial charge in [-0.15, -0.1) is 0 Å². The van der Waals surface area contributed by atoms with E-state index in [1.54, 1.807) is 16.4 Å². The van der Waals surface area contributed by atoms with E-state index in [4.69, 9.17) is 4.74 Å². The molecule has 1 aromatic rings. The highest BCUT2D eigenvalue weighted by Gasteiger charge is 2.42. The molecule has 0 unspecified atom stereocenters. The summed E-state index contributed by atoms with van der Waals surface area (Å²) in [6.45, 7) is 3.15. The normalized spacial score (nSPS) is 28.1. The Balaban J connectivity index is 1.54. The van der Waals surface area contributed by atoms with Crippen LogP contribution in [0.4, 0.5) is 0 Å². The summed E-state index contributed by atoms with van der Waals surface area (Å²) < 4.78 is 33.3. The van der Waals surface area contributed by atoms with E-state index in [1.165, 1.54) is 38.9 Å². The molecule has 4 rings (SSSR count). The summed E-state index contributed by atoms with van der Waals surface area (Å²) in [5.74, 6) is 2.19. The summed E-state index contributed by atoms with van der Waals surface area (Å²) in [6.07, 6.45) is 8.94. The highest BCUT2D eigenvalue weighted by Crippen LogP contribution is 2.49. The number of amides is 1. The van der Waals surface area contributed by atoms with E-state index in [-0.39, 0.29) is 16.8 Å². The lowest BCUT2D eigenvalue weighted by atomic mass is 9.84. The second-order valence-electron chi connectivity index (χ2n) is 9.28. The van der Waals surface area contributed by atoms with E-state index < -0.39 is 10.0 Å². The summed E-state index contributed by atoms with van der Waals surface area (Å²) in [7, 11) is -2.11. The number of methoxy groups -OCH3 is 1. The Bertz CT molecular complexity index is 877. The van der Waals surface area contributed by atoms with Gasteiger partial charge in [0.1, 0.15) is 5.75 Å². The molecule has 166 valence electrons. The molecule has 2 bridgehead atoms. The third-order valence-electron chi connectivity index (χ3n) is 7.41. The Kier molecular flexibility index (Phi) is 6.39. The molecular weight excluding hydrogens is 400 g/mol. The van der Waals surface area contributed by atoms with Gasteiger partial charge in [-0.25, -0.2) is 8.42 Å². The first kappa shape index (κ1) is 21.6. The number of fused-ring (bicyclic) bond motifs is 2. The summed E-state index contributed by atoms with van der Waals surface area (Å²) in [5, 5.41) is 3.14. The molecule has 3 aliphatic rings. The standard InChI is InChI=1S/C23H34N2O4S/c1-16(20-14-17-7-8-18(20)13-17)24-23(26)21-15-19(9-10-22(21)29-2)30(27,28)25-11-5-3-4-6-12-25/h9-10,15-18,20H,3-8,11-14H2,1-2H3,(H,24,26)/t16-,17-,18-,20-/m0/s1. The number of nitrogens with one attached hydrogen (secondary N) is 1. The van der Waals surface area contributed by atoms with Gasteiger partial charge in [0.05, 0.1) is 17.6 Å². The van der Waals surface area contributed by atoms with E-state index in [0.717, 1.165) is 31.6 Å². The summed E-state index contributed by atoms with van der Waals surface area (Å²) >= 11 is 0. The first-order chi connectivity index (χ1) is 14.4. The lowest BCUT2D eigenvalue weighted by Crippen LogP contribution is -2.40. The zero-order valence-electron chi connectivity index (χ0n) is 18.1. The van der Waals surface area contributed by atoms with Gasteiger partial charge in [0, 0.05) is 19.1 Å². The minimum Gasteiger partial charge on any atom is -0.496 e. The minimum atomic E-state index is -3.62. The fraction of sp³-hybridized carbons (Fsp3) is 0.696. The molecule has 1 aromatic carbocycles. The quantitative estimate of drug-likeness (QED) is 0.739. The van der Waals surface area contributed by atoms with E-state index in [0.29, 0.717) is 36.2 Å². The van der Waals surface area contributed by atoms with Gasteiger partial charge in [-0.3, -0.25) is 4.79 Å². The van der Waals surface area contributed by atoms with Crippen molar-refractivity contribution in [2.75, 3.05) is 20.2 Å². The molecule has 1 amide bonds. The molecule has 7 heteroatoms. The van der Waals surface area contributed by atoms with Crippen LogP contribution in [0.2, 0.25) is 0 Å². The molecule has 2 aliphatic carbocycles. The molecule has 1 saturated heterocycles. The number of rotatable bonds is 6. The third-order valence-corrected chi connectivity index (χ3v) is 9.31. The van der Waals surface area contributed by atoms with Gasteiger partial charge in [0.25, 0.3) is 5.91 Å². The van der Waals surface area contributed by atoms with Crippen molar-refractivity contribution in [3.05, 3.63) is 23.8 Å². The number of nitrogens with zero attached hydrogens (tertiary/aromatic N) is 1. The van der Waals surface area contributed by atoms with Crippen molar-refractivity contribution in [2.45, 2.75) is 69.2 Å². The zero-order valence-corrected chi connectivity index (χ0v) is 18.9. The molecule has 2 saturated carbocycles. The fourth-order valence-electron chi connectivity index (χ4n) is 5.75. The third kappa shape index (κ3) is 4.24. The van der Waals surface area contributed by atoms with Crippen molar-refractivity contribution >= 4 is 15.9 Å². The second kappa shape index (κ2) is 8.87. The maximum absolute atomic E-state index is 13.2. The van der Waals surface area contributed by atoms with Crippen LogP contribution >= 0.6 is 0 Å². The molecule has 1 heterocycles. The van der Waals surface area contributed by atoms with Crippen LogP contribution < -0.4 is 10.1 Å². The van der Waals surface area contributed by atoms with Crippen LogP contribution in [0.5, 0.6) is 5.75 Å². The Morgan fingerprint density at radius 1 is 1.13 bits per heavy atom. The molecule has 1 aliphatic heterocycles. The number of hydrogen-bond acceptors (Lipinski definition) is 4. The molecule has 0 spiro atoms. The van der Waals surface area contributed by atoms with Crippen LogP contribution in [-0.2, 0) is 10.0 Å². The second-order valence-corrected chi connectivity index (χ2v) is 11.2. The van der Waals surface area contributed by atoms with Crippen molar-refractivity contribution in [1.29, 1.82) is 0 Å². The van der Waals surface area contributed by atoms with E-state index in [9.17, 15) is 13.2 Å². The van der Waals surface area contributed by atoms with Crippen LogP contribution in [0.3, 0.4) is 0 Å². The average Bonchev–Trinajstić information content (AvgIpc) is 3.27. The van der Waals surface area contributed by atoms with Crippen molar-refractivity contribution < 1.29 is 17.9 Å². The maximum atomic E-state index is 13.2. The summed E-state index contributed by atoms with van der Waals surface area (Å²) in [5.41, 5.74) is 0.295. The number of carbonyl (C=O) groups excluding carboxylic acids is 1. The molecule has 3 fully saturated rings. The Morgan fingerprint density at radius 3 is 2.47 bits per heavy atom. The van der Waals surface area contributed by atoms with E-state index >= 15 is 0 Å². The highest BCUT2D eigenvalue weighted by atomic mass is 32.2. The fourth-order valence-corrected chi connectivity index (χ4v) is 7.30. The number of benzene rings is 1. The van der Waals surface area contributed by atoms with Crippen molar-refractivity contribution in [1.82, 2.24) is 9.62 Å². The van der Waals surface area contributed by atoms with Gasteiger partial charge >= 0.3 is 0 Å². The van der Waals surface area contributed by atoms with Crippen molar-refractivity contribution in [3.63, 3.8) is 0 Å². The number of hydrogen-bond donors (Lipinski definition) is 1. The molecule has 0 aromatic heterocycles. The first-order valence-electron chi connectivity index (χ1n) is 11.4. The van der Waals surface area contributed by atoms with E-state index in [2.05, 4.69) is 12.2 Å². The largest absolute Gasteiger partial charge is 0.496 e. The van der Waals surface area contributed by atoms with Gasteiger partial charge in [0.2, 0.25) is 10.0 Å². The smallest absolute Gasteiger partial charge is 0.255 e. The Morgan fingerprint density at radius 2 is 1.87 bits per heavy atom. The first-order valence-corrected chi connectivity index (χ1v) is 12.8. The van der Waals surface area contributed by atoms with Crippen LogP contribution in [-0.4, -0.2) is 44.9 Å². The minimum absolute atomic E-state index is 0.0726. The zero-order chi connectivity index (χ0) is 21.3. The highest BCUT2D eigenvalue weighted by molar-refractivity contribution is 7.89. The van der Waals surface area contributed by atoms with Crippen molar-refractivity contribution in [3.8, 4) is 5.75 Å². The lowest BCUT2D eigenvalue weighted by Gasteiger charge is -2.28. The van der Waals surface area contributed by atoms with Crippen molar-refractivity contribution in [2.24, 2.45) is 17.8 Å². The molecule has 30 heavy (non-hydrogen) atoms. The Hall–Kier alpha value is -1.60.